The molecule has 2 atom stereocenters. The Bertz CT molecular complexity index is 423. The summed E-state index contributed by atoms with van der Waals surface area (Å²) in [7, 11) is 1.64. The number of nitrogens with two attached hydrogens (primary N) is 1. The summed E-state index contributed by atoms with van der Waals surface area (Å²) in [5, 5.41) is 3.33. The van der Waals surface area contributed by atoms with Gasteiger partial charge in [0.25, 0.3) is 0 Å². The first-order valence-corrected chi connectivity index (χ1v) is 6.61. The van der Waals surface area contributed by atoms with Crippen molar-refractivity contribution in [3.63, 3.8) is 0 Å². The van der Waals surface area contributed by atoms with Gasteiger partial charge in [-0.2, -0.15) is 0 Å². The molecule has 0 fully saturated rings. The van der Waals surface area contributed by atoms with Crippen LogP contribution in [0.2, 0.25) is 0 Å². The summed E-state index contributed by atoms with van der Waals surface area (Å²) < 4.78 is 6.10. The zero-order valence-corrected chi connectivity index (χ0v) is 12.5. The third-order valence-corrected chi connectivity index (χ3v) is 3.34. The number of hydrogen-bond donors (Lipinski definition) is 2. The summed E-state index contributed by atoms with van der Waals surface area (Å²) in [6.45, 7) is 3.99. The van der Waals surface area contributed by atoms with Gasteiger partial charge in [0.05, 0.1) is 11.6 Å². The van der Waals surface area contributed by atoms with E-state index in [4.69, 9.17) is 10.5 Å². The van der Waals surface area contributed by atoms with Crippen molar-refractivity contribution in [1.82, 2.24) is 5.32 Å². The van der Waals surface area contributed by atoms with Crippen molar-refractivity contribution in [3.05, 3.63) is 28.2 Å². The molecule has 2 unspecified atom stereocenters. The molecule has 100 valence electrons. The number of ether oxygens (including phenoxy) is 1. The van der Waals surface area contributed by atoms with Gasteiger partial charge in [-0.3, -0.25) is 4.79 Å². The van der Waals surface area contributed by atoms with Crippen LogP contribution in [-0.4, -0.2) is 19.1 Å². The van der Waals surface area contributed by atoms with Gasteiger partial charge in [0.1, 0.15) is 5.75 Å². The van der Waals surface area contributed by atoms with Crippen LogP contribution in [-0.2, 0) is 4.79 Å². The van der Waals surface area contributed by atoms with E-state index in [1.165, 1.54) is 0 Å². The number of methoxy groups -OCH3 is 1. The topological polar surface area (TPSA) is 64.3 Å². The molecule has 1 rings (SSSR count). The predicted octanol–water partition coefficient (Wildman–Crippen LogP) is 2.37. The Hall–Kier alpha value is -1.07. The molecule has 5 heteroatoms. The van der Waals surface area contributed by atoms with E-state index in [0.717, 1.165) is 15.8 Å². The summed E-state index contributed by atoms with van der Waals surface area (Å²) in [4.78, 5) is 10.8. The lowest BCUT2D eigenvalue weighted by Crippen LogP contribution is -2.32. The Balaban J connectivity index is 2.69. The van der Waals surface area contributed by atoms with Gasteiger partial charge in [0.15, 0.2) is 0 Å². The molecule has 0 heterocycles. The Labute approximate surface area is 116 Å². The lowest BCUT2D eigenvalue weighted by Gasteiger charge is -2.20. The lowest BCUT2D eigenvalue weighted by atomic mass is 10.1. The van der Waals surface area contributed by atoms with E-state index < -0.39 is 0 Å². The minimum absolute atomic E-state index is 0.0541. The van der Waals surface area contributed by atoms with Gasteiger partial charge in [-0.05, 0) is 47.5 Å². The molecule has 0 aromatic heterocycles. The fourth-order valence-corrected chi connectivity index (χ4v) is 2.39. The molecule has 0 bridgehead atoms. The number of carbonyl (C=O) groups excluding carboxylic acids is 1. The zero-order valence-electron chi connectivity index (χ0n) is 10.9. The molecule has 0 aliphatic carbocycles. The quantitative estimate of drug-likeness (QED) is 0.847. The molecule has 1 aromatic rings. The standard InChI is InChI=1S/C13H19BrN2O2/c1-8(6-13(15)17)16-9(2)10-4-5-12(18-3)11(14)7-10/h4-5,7-9,16H,6H2,1-3H3,(H2,15,17). The van der Waals surface area contributed by atoms with Crippen molar-refractivity contribution in [2.75, 3.05) is 7.11 Å². The summed E-state index contributed by atoms with van der Waals surface area (Å²) >= 11 is 3.46. The van der Waals surface area contributed by atoms with Crippen LogP contribution in [0.3, 0.4) is 0 Å². The number of carbonyl (C=O) groups is 1. The van der Waals surface area contributed by atoms with Crippen LogP contribution in [0.1, 0.15) is 31.9 Å². The molecule has 18 heavy (non-hydrogen) atoms. The largest absolute Gasteiger partial charge is 0.496 e. The Morgan fingerprint density at radius 2 is 2.17 bits per heavy atom. The monoisotopic (exact) mass is 314 g/mol. The molecule has 1 amide bonds. The number of amides is 1. The molecular formula is C13H19BrN2O2. The number of benzene rings is 1. The fraction of sp³-hybridized carbons (Fsp3) is 0.462. The molecule has 4 nitrogen and oxygen atoms in total. The van der Waals surface area contributed by atoms with Crippen molar-refractivity contribution in [2.24, 2.45) is 5.73 Å². The molecular weight excluding hydrogens is 296 g/mol. The van der Waals surface area contributed by atoms with Crippen molar-refractivity contribution in [2.45, 2.75) is 32.4 Å². The van der Waals surface area contributed by atoms with Gasteiger partial charge in [-0.15, -0.1) is 0 Å². The second-order valence-corrected chi connectivity index (χ2v) is 5.21. The molecule has 3 N–H and O–H groups in total. The SMILES string of the molecule is COc1ccc(C(C)NC(C)CC(N)=O)cc1Br. The van der Waals surface area contributed by atoms with Crippen molar-refractivity contribution in [1.29, 1.82) is 0 Å². The second-order valence-electron chi connectivity index (χ2n) is 4.35. The van der Waals surface area contributed by atoms with Crippen LogP contribution in [0.5, 0.6) is 5.75 Å². The zero-order chi connectivity index (χ0) is 13.7. The maximum atomic E-state index is 10.8. The van der Waals surface area contributed by atoms with E-state index in [-0.39, 0.29) is 18.0 Å². The highest BCUT2D eigenvalue weighted by atomic mass is 79.9. The number of primary amides is 1. The average Bonchev–Trinajstić information content (AvgIpc) is 2.27. The van der Waals surface area contributed by atoms with Crippen molar-refractivity contribution >= 4 is 21.8 Å². The van der Waals surface area contributed by atoms with E-state index in [9.17, 15) is 4.79 Å². The number of hydrogen-bond acceptors (Lipinski definition) is 3. The molecule has 0 saturated carbocycles. The summed E-state index contributed by atoms with van der Waals surface area (Å²) in [6, 6.07) is 6.11. The average molecular weight is 315 g/mol. The van der Waals surface area contributed by atoms with E-state index >= 15 is 0 Å². The van der Waals surface area contributed by atoms with E-state index in [1.54, 1.807) is 7.11 Å². The third kappa shape index (κ3) is 4.31. The molecule has 0 spiro atoms. The minimum Gasteiger partial charge on any atom is -0.496 e. The number of nitrogens with one attached hydrogen (secondary N) is 1. The predicted molar refractivity (Wildman–Crippen MR) is 75.5 cm³/mol. The highest BCUT2D eigenvalue weighted by Gasteiger charge is 2.12. The van der Waals surface area contributed by atoms with Gasteiger partial charge in [-0.25, -0.2) is 0 Å². The molecule has 0 saturated heterocycles. The van der Waals surface area contributed by atoms with Crippen LogP contribution >= 0.6 is 15.9 Å². The number of rotatable bonds is 6. The van der Waals surface area contributed by atoms with E-state index in [0.29, 0.717) is 6.42 Å². The smallest absolute Gasteiger partial charge is 0.218 e. The van der Waals surface area contributed by atoms with E-state index in [2.05, 4.69) is 21.2 Å². The Kier molecular flexibility index (Phi) is 5.62. The normalized spacial score (nSPS) is 14.0. The lowest BCUT2D eigenvalue weighted by molar-refractivity contribution is -0.118. The van der Waals surface area contributed by atoms with Crippen LogP contribution in [0.15, 0.2) is 22.7 Å². The second kappa shape index (κ2) is 6.75. The van der Waals surface area contributed by atoms with E-state index in [1.807, 2.05) is 32.0 Å². The molecule has 0 aliphatic heterocycles. The highest BCUT2D eigenvalue weighted by molar-refractivity contribution is 9.10. The summed E-state index contributed by atoms with van der Waals surface area (Å²) in [6.07, 6.45) is 0.335. The first kappa shape index (κ1) is 15.0. The third-order valence-electron chi connectivity index (χ3n) is 2.72. The van der Waals surface area contributed by atoms with Crippen molar-refractivity contribution < 1.29 is 9.53 Å². The Morgan fingerprint density at radius 1 is 1.50 bits per heavy atom. The first-order valence-electron chi connectivity index (χ1n) is 5.81. The van der Waals surface area contributed by atoms with Gasteiger partial charge >= 0.3 is 0 Å². The molecule has 1 aromatic carbocycles. The minimum atomic E-state index is -0.293. The Morgan fingerprint density at radius 3 is 2.67 bits per heavy atom. The van der Waals surface area contributed by atoms with Gasteiger partial charge in [0.2, 0.25) is 5.91 Å². The van der Waals surface area contributed by atoms with Gasteiger partial charge in [-0.1, -0.05) is 6.07 Å². The maximum Gasteiger partial charge on any atom is 0.218 e. The first-order chi connectivity index (χ1) is 8.43. The van der Waals surface area contributed by atoms with Crippen LogP contribution in [0.25, 0.3) is 0 Å². The summed E-state index contributed by atoms with van der Waals surface area (Å²) in [5.41, 5.74) is 6.29. The van der Waals surface area contributed by atoms with Crippen LogP contribution < -0.4 is 15.8 Å². The maximum absolute atomic E-state index is 10.8. The van der Waals surface area contributed by atoms with Crippen LogP contribution in [0.4, 0.5) is 0 Å². The fourth-order valence-electron chi connectivity index (χ4n) is 1.84. The van der Waals surface area contributed by atoms with Gasteiger partial charge < -0.3 is 15.8 Å². The van der Waals surface area contributed by atoms with Crippen molar-refractivity contribution in [3.8, 4) is 5.75 Å². The van der Waals surface area contributed by atoms with Crippen LogP contribution in [0, 0.1) is 0 Å². The molecule has 0 aliphatic rings. The number of halogens is 1. The highest BCUT2D eigenvalue weighted by Crippen LogP contribution is 2.28. The molecule has 0 radical (unpaired) electrons. The summed E-state index contributed by atoms with van der Waals surface area (Å²) in [5.74, 6) is 0.509. The van der Waals surface area contributed by atoms with Gasteiger partial charge in [0, 0.05) is 18.5 Å².